The van der Waals surface area contributed by atoms with Crippen molar-refractivity contribution in [1.29, 1.82) is 0 Å². The molecule has 0 spiro atoms. The van der Waals surface area contributed by atoms with Crippen LogP contribution in [0.2, 0.25) is 0 Å². The number of carbonyl (C=O) groups is 1. The Morgan fingerprint density at radius 1 is 1.16 bits per heavy atom. The van der Waals surface area contributed by atoms with Crippen LogP contribution in [-0.2, 0) is 15.8 Å². The van der Waals surface area contributed by atoms with E-state index in [4.69, 9.17) is 4.42 Å². The van der Waals surface area contributed by atoms with E-state index in [1.54, 1.807) is 7.05 Å². The molecule has 1 aliphatic rings. The second-order valence-corrected chi connectivity index (χ2v) is 10.7. The summed E-state index contributed by atoms with van der Waals surface area (Å²) in [7, 11) is -1.62. The van der Waals surface area contributed by atoms with Crippen molar-refractivity contribution >= 4 is 38.8 Å². The van der Waals surface area contributed by atoms with Gasteiger partial charge in [0.2, 0.25) is 10.0 Å². The summed E-state index contributed by atoms with van der Waals surface area (Å²) >= 11 is 1.46. The van der Waals surface area contributed by atoms with Gasteiger partial charge >= 0.3 is 0 Å². The quantitative estimate of drug-likeness (QED) is 0.524. The molecule has 1 saturated heterocycles. The van der Waals surface area contributed by atoms with Gasteiger partial charge < -0.3 is 9.32 Å². The first kappa shape index (κ1) is 21.9. The molecule has 7 nitrogen and oxygen atoms in total. The van der Waals surface area contributed by atoms with E-state index in [0.717, 1.165) is 16.7 Å². The molecule has 2 heterocycles. The van der Waals surface area contributed by atoms with Crippen molar-refractivity contribution in [2.45, 2.75) is 29.9 Å². The summed E-state index contributed by atoms with van der Waals surface area (Å²) in [6.07, 6.45) is 2.49. The molecular weight excluding hydrogens is 434 g/mol. The molecular formula is C22H25N3O4S2. The first-order valence-electron chi connectivity index (χ1n) is 10.1. The van der Waals surface area contributed by atoms with Crippen molar-refractivity contribution < 1.29 is 17.6 Å². The monoisotopic (exact) mass is 459 g/mol. The van der Waals surface area contributed by atoms with Crippen LogP contribution in [0.4, 0.5) is 0 Å². The molecule has 0 atom stereocenters. The van der Waals surface area contributed by atoms with Crippen LogP contribution in [-0.4, -0.2) is 60.9 Å². The lowest BCUT2D eigenvalue weighted by Crippen LogP contribution is -2.47. The number of aromatic nitrogens is 1. The molecule has 0 radical (unpaired) electrons. The zero-order chi connectivity index (χ0) is 22.0. The van der Waals surface area contributed by atoms with Crippen molar-refractivity contribution in [3.63, 3.8) is 0 Å². The molecule has 31 heavy (non-hydrogen) atoms. The Labute approximate surface area is 186 Å². The molecule has 2 aromatic carbocycles. The number of hydrogen-bond acceptors (Lipinski definition) is 6. The van der Waals surface area contributed by atoms with Crippen molar-refractivity contribution in [3.05, 3.63) is 59.7 Å². The maximum absolute atomic E-state index is 13.2. The molecule has 1 aliphatic heterocycles. The van der Waals surface area contributed by atoms with Gasteiger partial charge in [-0.25, -0.2) is 17.7 Å². The Kier molecular flexibility index (Phi) is 6.36. The third-order valence-corrected chi connectivity index (χ3v) is 7.88. The molecule has 4 rings (SSSR count). The van der Waals surface area contributed by atoms with Crippen molar-refractivity contribution in [1.82, 2.24) is 14.2 Å². The van der Waals surface area contributed by atoms with Gasteiger partial charge in [-0.15, -0.1) is 0 Å². The van der Waals surface area contributed by atoms with E-state index in [9.17, 15) is 13.2 Å². The Hall–Kier alpha value is -2.36. The highest BCUT2D eigenvalue weighted by Crippen LogP contribution is 2.28. The number of nitrogens with zero attached hydrogens (tertiary/aromatic N) is 3. The van der Waals surface area contributed by atoms with Crippen molar-refractivity contribution in [2.24, 2.45) is 0 Å². The number of sulfonamides is 1. The van der Waals surface area contributed by atoms with E-state index >= 15 is 0 Å². The molecule has 0 N–H and O–H groups in total. The highest BCUT2D eigenvalue weighted by Gasteiger charge is 2.30. The van der Waals surface area contributed by atoms with Gasteiger partial charge in [-0.1, -0.05) is 42.1 Å². The van der Waals surface area contributed by atoms with Crippen molar-refractivity contribution in [2.75, 3.05) is 26.4 Å². The first-order valence-corrected chi connectivity index (χ1v) is 12.9. The Bertz CT molecular complexity index is 1150. The van der Waals surface area contributed by atoms with E-state index in [-0.39, 0.29) is 11.9 Å². The second-order valence-electron chi connectivity index (χ2n) is 7.70. The Morgan fingerprint density at radius 2 is 1.84 bits per heavy atom. The van der Waals surface area contributed by atoms with E-state index in [2.05, 4.69) is 4.98 Å². The van der Waals surface area contributed by atoms with Crippen LogP contribution in [0.15, 0.2) is 58.2 Å². The molecule has 9 heteroatoms. The van der Waals surface area contributed by atoms with Crippen LogP contribution < -0.4 is 0 Å². The number of rotatable bonds is 6. The van der Waals surface area contributed by atoms with Crippen LogP contribution in [0.25, 0.3) is 11.1 Å². The van der Waals surface area contributed by atoms with Gasteiger partial charge in [0.15, 0.2) is 5.58 Å². The lowest BCUT2D eigenvalue weighted by atomic mass is 10.0. The third kappa shape index (κ3) is 4.94. The maximum Gasteiger partial charge on any atom is 0.257 e. The van der Waals surface area contributed by atoms with E-state index < -0.39 is 10.0 Å². The minimum atomic E-state index is -3.23. The number of amides is 1. The number of oxazole rings is 1. The lowest BCUT2D eigenvalue weighted by Gasteiger charge is -2.36. The Balaban J connectivity index is 1.42. The summed E-state index contributed by atoms with van der Waals surface area (Å²) in [6.45, 7) is 1.08. The maximum atomic E-state index is 13.2. The van der Waals surface area contributed by atoms with Crippen LogP contribution in [0.1, 0.15) is 28.8 Å². The number of fused-ring (bicyclic) bond motifs is 1. The van der Waals surface area contributed by atoms with Crippen LogP contribution in [0, 0.1) is 0 Å². The Morgan fingerprint density at radius 3 is 2.55 bits per heavy atom. The van der Waals surface area contributed by atoms with Gasteiger partial charge in [-0.05, 0) is 36.6 Å². The summed E-state index contributed by atoms with van der Waals surface area (Å²) in [5.74, 6) is 0.552. The standard InChI is InChI=1S/C22H25N3O4S2/c1-24(31(2,27)28)17-11-13-25(14-12-17)21(26)18-8-4-3-7-16(18)15-30-22-23-19-9-5-6-10-20(19)29-22/h3-10,17H,11-15H2,1-2H3. The zero-order valence-electron chi connectivity index (χ0n) is 17.5. The molecule has 0 saturated carbocycles. The topological polar surface area (TPSA) is 83.7 Å². The SMILES string of the molecule is CN(C1CCN(C(=O)c2ccccc2CSc2nc3ccccc3o2)CC1)S(C)(=O)=O. The summed E-state index contributed by atoms with van der Waals surface area (Å²) in [6, 6.07) is 15.1. The first-order chi connectivity index (χ1) is 14.8. The fraction of sp³-hybridized carbons (Fsp3) is 0.364. The van der Waals surface area contributed by atoms with Crippen LogP contribution in [0.5, 0.6) is 0 Å². The molecule has 0 bridgehead atoms. The largest absolute Gasteiger partial charge is 0.431 e. The molecule has 0 aliphatic carbocycles. The van der Waals surface area contributed by atoms with Crippen LogP contribution in [0.3, 0.4) is 0 Å². The molecule has 164 valence electrons. The smallest absolute Gasteiger partial charge is 0.257 e. The molecule has 1 fully saturated rings. The number of likely N-dealkylation sites (tertiary alicyclic amines) is 1. The number of hydrogen-bond donors (Lipinski definition) is 0. The second kappa shape index (κ2) is 9.02. The predicted octanol–water partition coefficient (Wildman–Crippen LogP) is 3.62. The molecule has 0 unspecified atom stereocenters. The lowest BCUT2D eigenvalue weighted by molar-refractivity contribution is 0.0685. The fourth-order valence-corrected chi connectivity index (χ4v) is 5.38. The summed E-state index contributed by atoms with van der Waals surface area (Å²) < 4.78 is 30.8. The predicted molar refractivity (Wildman–Crippen MR) is 122 cm³/mol. The minimum absolute atomic E-state index is 0.0192. The third-order valence-electron chi connectivity index (χ3n) is 5.66. The highest BCUT2D eigenvalue weighted by molar-refractivity contribution is 7.98. The summed E-state index contributed by atoms with van der Waals surface area (Å²) in [5, 5.41) is 0.577. The van der Waals surface area contributed by atoms with Gasteiger partial charge in [0, 0.05) is 37.5 Å². The van der Waals surface area contributed by atoms with E-state index in [1.807, 2.05) is 53.4 Å². The fourth-order valence-electron chi connectivity index (χ4n) is 3.78. The highest BCUT2D eigenvalue weighted by atomic mass is 32.2. The average molecular weight is 460 g/mol. The number of benzene rings is 2. The average Bonchev–Trinajstić information content (AvgIpc) is 3.19. The molecule has 1 amide bonds. The van der Waals surface area contributed by atoms with E-state index in [1.165, 1.54) is 22.3 Å². The zero-order valence-corrected chi connectivity index (χ0v) is 19.2. The van der Waals surface area contributed by atoms with Crippen molar-refractivity contribution in [3.8, 4) is 0 Å². The van der Waals surface area contributed by atoms with Gasteiger partial charge in [-0.2, -0.15) is 0 Å². The number of carbonyl (C=O) groups excluding carboxylic acids is 1. The number of piperidine rings is 1. The van der Waals surface area contributed by atoms with Gasteiger partial charge in [0.05, 0.1) is 6.26 Å². The summed E-state index contributed by atoms with van der Waals surface area (Å²) in [5.41, 5.74) is 3.16. The van der Waals surface area contributed by atoms with Gasteiger partial charge in [0.25, 0.3) is 11.1 Å². The van der Waals surface area contributed by atoms with Gasteiger partial charge in [-0.3, -0.25) is 4.79 Å². The minimum Gasteiger partial charge on any atom is -0.431 e. The number of para-hydroxylation sites is 2. The normalized spacial score (nSPS) is 15.6. The van der Waals surface area contributed by atoms with Gasteiger partial charge in [0.1, 0.15) is 5.52 Å². The van der Waals surface area contributed by atoms with Crippen LogP contribution >= 0.6 is 11.8 Å². The van der Waals surface area contributed by atoms with E-state index in [0.29, 0.717) is 42.5 Å². The molecule has 1 aromatic heterocycles. The summed E-state index contributed by atoms with van der Waals surface area (Å²) in [4.78, 5) is 19.5. The molecule has 3 aromatic rings. The number of thioether (sulfide) groups is 1.